The molecule has 5 nitrogen and oxygen atoms in total. The smallest absolute Gasteiger partial charge is 0.204 e. The molecule has 2 aromatic carbocycles. The molecule has 0 saturated heterocycles. The fraction of sp³-hybridized carbons (Fsp3) is 0. The molecule has 0 amide bonds. The minimum absolute atomic E-state index is 0.415. The van der Waals surface area contributed by atoms with Gasteiger partial charge in [0.05, 0.1) is 21.3 Å². The van der Waals surface area contributed by atoms with Crippen LogP contribution in [0.5, 0.6) is 0 Å². The molecule has 4 rings (SSSR count). The predicted molar refractivity (Wildman–Crippen MR) is 108 cm³/mol. The van der Waals surface area contributed by atoms with E-state index >= 15 is 0 Å². The number of hydrazone groups is 1. The predicted octanol–water partition coefficient (Wildman–Crippen LogP) is 5.60. The van der Waals surface area contributed by atoms with Crippen LogP contribution in [0.1, 0.15) is 4.88 Å². The third kappa shape index (κ3) is 3.79. The second kappa shape index (κ2) is 7.18. The molecule has 0 unspecified atom stereocenters. The Morgan fingerprint density at radius 2 is 1.72 bits per heavy atom. The van der Waals surface area contributed by atoms with Crippen molar-refractivity contribution in [2.24, 2.45) is 5.10 Å². The number of hydrogen-bond donors (Lipinski definition) is 2. The van der Waals surface area contributed by atoms with E-state index in [4.69, 9.17) is 11.6 Å². The van der Waals surface area contributed by atoms with Crippen LogP contribution in [0.2, 0.25) is 5.15 Å². The van der Waals surface area contributed by atoms with Crippen LogP contribution in [0.15, 0.2) is 59.7 Å². The van der Waals surface area contributed by atoms with Gasteiger partial charge in [0.25, 0.3) is 0 Å². The average molecular weight is 386 g/mol. The van der Waals surface area contributed by atoms with Gasteiger partial charge in [0.1, 0.15) is 0 Å². The molecule has 0 spiro atoms. The monoisotopic (exact) mass is 385 g/mol. The topological polar surface area (TPSA) is 62.2 Å². The van der Waals surface area contributed by atoms with Crippen molar-refractivity contribution in [3.63, 3.8) is 0 Å². The summed E-state index contributed by atoms with van der Waals surface area (Å²) in [7, 11) is 0. The summed E-state index contributed by atoms with van der Waals surface area (Å²) in [6, 6.07) is 17.8. The minimum Gasteiger partial charge on any atom is -0.331 e. The summed E-state index contributed by atoms with van der Waals surface area (Å²) in [6.45, 7) is 0. The first-order chi connectivity index (χ1) is 12.3. The Hall–Kier alpha value is -2.48. The fourth-order valence-electron chi connectivity index (χ4n) is 2.16. The summed E-state index contributed by atoms with van der Waals surface area (Å²) in [4.78, 5) is 9.54. The average Bonchev–Trinajstić information content (AvgIpc) is 3.19. The highest BCUT2D eigenvalue weighted by molar-refractivity contribution is 7.22. The third-order valence-electron chi connectivity index (χ3n) is 3.27. The summed E-state index contributed by atoms with van der Waals surface area (Å²) in [5.41, 5.74) is 4.86. The summed E-state index contributed by atoms with van der Waals surface area (Å²) < 4.78 is 1.12. The Morgan fingerprint density at radius 3 is 2.56 bits per heavy atom. The van der Waals surface area contributed by atoms with Gasteiger partial charge in [0.2, 0.25) is 5.13 Å². The lowest BCUT2D eigenvalue weighted by atomic mass is 10.3. The Kier molecular flexibility index (Phi) is 4.60. The molecule has 0 aliphatic heterocycles. The second-order valence-corrected chi connectivity index (χ2v) is 7.44. The highest BCUT2D eigenvalue weighted by atomic mass is 35.5. The molecule has 0 aliphatic rings. The molecule has 0 bridgehead atoms. The first-order valence-corrected chi connectivity index (χ1v) is 9.42. The molecule has 8 heteroatoms. The fourth-order valence-corrected chi connectivity index (χ4v) is 4.02. The van der Waals surface area contributed by atoms with Crippen LogP contribution >= 0.6 is 34.3 Å². The maximum atomic E-state index is 6.18. The van der Waals surface area contributed by atoms with Gasteiger partial charge in [-0.2, -0.15) is 5.10 Å². The Labute approximate surface area is 157 Å². The Bertz CT molecular complexity index is 993. The van der Waals surface area contributed by atoms with Crippen molar-refractivity contribution in [1.82, 2.24) is 9.97 Å². The number of aromatic nitrogens is 2. The van der Waals surface area contributed by atoms with Crippen LogP contribution in [0.3, 0.4) is 0 Å². The zero-order valence-corrected chi connectivity index (χ0v) is 15.2. The van der Waals surface area contributed by atoms with Gasteiger partial charge in [-0.15, -0.1) is 0 Å². The lowest BCUT2D eigenvalue weighted by Crippen LogP contribution is -1.88. The number of hydrogen-bond acceptors (Lipinski definition) is 7. The van der Waals surface area contributed by atoms with Gasteiger partial charge in [-0.3, -0.25) is 5.43 Å². The highest BCUT2D eigenvalue weighted by Crippen LogP contribution is 2.28. The first-order valence-electron chi connectivity index (χ1n) is 7.41. The van der Waals surface area contributed by atoms with Crippen molar-refractivity contribution < 1.29 is 0 Å². The largest absolute Gasteiger partial charge is 0.331 e. The molecule has 4 aromatic rings. The van der Waals surface area contributed by atoms with E-state index in [9.17, 15) is 0 Å². The van der Waals surface area contributed by atoms with Crippen LogP contribution in [0, 0.1) is 0 Å². The normalized spacial score (nSPS) is 11.2. The van der Waals surface area contributed by atoms with E-state index in [1.54, 1.807) is 17.6 Å². The molecule has 0 radical (unpaired) electrons. The van der Waals surface area contributed by atoms with Crippen LogP contribution in [0.25, 0.3) is 10.2 Å². The summed E-state index contributed by atoms with van der Waals surface area (Å²) in [5, 5.41) is 9.31. The maximum absolute atomic E-state index is 6.18. The maximum Gasteiger partial charge on any atom is 0.204 e. The highest BCUT2D eigenvalue weighted by Gasteiger charge is 2.08. The number of rotatable bonds is 5. The molecular formula is C17H12ClN5S2. The molecule has 2 heterocycles. The van der Waals surface area contributed by atoms with Crippen LogP contribution in [-0.4, -0.2) is 16.2 Å². The van der Waals surface area contributed by atoms with E-state index < -0.39 is 0 Å². The van der Waals surface area contributed by atoms with Crippen molar-refractivity contribution in [3.8, 4) is 0 Å². The quantitative estimate of drug-likeness (QED) is 0.347. The molecule has 25 heavy (non-hydrogen) atoms. The van der Waals surface area contributed by atoms with E-state index in [2.05, 4.69) is 25.8 Å². The van der Waals surface area contributed by atoms with Gasteiger partial charge in [-0.05, 0) is 24.3 Å². The number of thiazole rings is 2. The number of nitrogens with one attached hydrogen (secondary N) is 2. The Balaban J connectivity index is 1.46. The molecule has 0 saturated carbocycles. The van der Waals surface area contributed by atoms with Crippen LogP contribution < -0.4 is 10.7 Å². The van der Waals surface area contributed by atoms with Crippen LogP contribution in [-0.2, 0) is 0 Å². The van der Waals surface area contributed by atoms with Crippen molar-refractivity contribution in [3.05, 3.63) is 64.6 Å². The first kappa shape index (κ1) is 16.0. The summed E-state index contributed by atoms with van der Waals surface area (Å²) in [5.74, 6) is 0. The molecule has 0 aliphatic carbocycles. The zero-order valence-electron chi connectivity index (χ0n) is 12.8. The van der Waals surface area contributed by atoms with Gasteiger partial charge in [0.15, 0.2) is 10.3 Å². The van der Waals surface area contributed by atoms with E-state index in [-0.39, 0.29) is 0 Å². The summed E-state index contributed by atoms with van der Waals surface area (Å²) in [6.07, 6.45) is 1.66. The van der Waals surface area contributed by atoms with E-state index in [1.807, 2.05) is 54.6 Å². The molecule has 0 atom stereocenters. The van der Waals surface area contributed by atoms with E-state index in [1.165, 1.54) is 11.3 Å². The third-order valence-corrected chi connectivity index (χ3v) is 5.52. The number of para-hydroxylation sites is 2. The lowest BCUT2D eigenvalue weighted by molar-refractivity contribution is 1.31. The van der Waals surface area contributed by atoms with Crippen molar-refractivity contribution >= 4 is 66.7 Å². The van der Waals surface area contributed by atoms with Crippen molar-refractivity contribution in [2.75, 3.05) is 10.7 Å². The molecule has 2 aromatic heterocycles. The number of benzene rings is 2. The van der Waals surface area contributed by atoms with Gasteiger partial charge < -0.3 is 5.32 Å². The Morgan fingerprint density at radius 1 is 0.920 bits per heavy atom. The standard InChI is InChI=1S/C17H12ClN5S2/c18-15-14(25-16(22-15)20-11-6-2-1-3-7-11)10-19-23-17-21-12-8-4-5-9-13(12)24-17/h1-10H,(H,20,22)(H,21,23). The summed E-state index contributed by atoms with van der Waals surface area (Å²) >= 11 is 9.17. The zero-order chi connectivity index (χ0) is 17.1. The van der Waals surface area contributed by atoms with Gasteiger partial charge in [0, 0.05) is 5.69 Å². The second-order valence-electron chi connectivity index (χ2n) is 5.02. The SMILES string of the molecule is Clc1nc(Nc2ccccc2)sc1C=NNc1nc2ccccc2s1. The molecule has 2 N–H and O–H groups in total. The number of fused-ring (bicyclic) bond motifs is 1. The number of nitrogens with zero attached hydrogens (tertiary/aromatic N) is 3. The van der Waals surface area contributed by atoms with E-state index in [0.29, 0.717) is 5.15 Å². The lowest BCUT2D eigenvalue weighted by Gasteiger charge is -1.99. The number of anilines is 3. The number of halogens is 1. The van der Waals surface area contributed by atoms with Gasteiger partial charge >= 0.3 is 0 Å². The van der Waals surface area contributed by atoms with Crippen LogP contribution in [0.4, 0.5) is 16.0 Å². The molecule has 124 valence electrons. The molecular weight excluding hydrogens is 374 g/mol. The van der Waals surface area contributed by atoms with Crippen molar-refractivity contribution in [2.45, 2.75) is 0 Å². The van der Waals surface area contributed by atoms with Gasteiger partial charge in [-0.1, -0.05) is 64.6 Å². The minimum atomic E-state index is 0.415. The van der Waals surface area contributed by atoms with E-state index in [0.717, 1.165) is 31.0 Å². The van der Waals surface area contributed by atoms with Gasteiger partial charge in [-0.25, -0.2) is 9.97 Å². The van der Waals surface area contributed by atoms with Crippen molar-refractivity contribution in [1.29, 1.82) is 0 Å². The molecule has 0 fully saturated rings.